The molecule has 0 atom stereocenters. The van der Waals surface area contributed by atoms with E-state index in [1.165, 1.54) is 11.1 Å². The van der Waals surface area contributed by atoms with Crippen molar-refractivity contribution >= 4 is 0 Å². The highest BCUT2D eigenvalue weighted by atomic mass is 15.1. The van der Waals surface area contributed by atoms with Crippen LogP contribution in [-0.2, 0) is 13.0 Å². The number of nitrogens with zero attached hydrogens (tertiary/aromatic N) is 2. The van der Waals surface area contributed by atoms with Crippen LogP contribution in [-0.4, -0.2) is 18.0 Å². The van der Waals surface area contributed by atoms with E-state index in [0.717, 1.165) is 26.1 Å². The summed E-state index contributed by atoms with van der Waals surface area (Å²) in [5.41, 5.74) is 2.64. The van der Waals surface area contributed by atoms with E-state index in [0.29, 0.717) is 0 Å². The third kappa shape index (κ3) is 2.43. The minimum absolute atomic E-state index is 0.244. The van der Waals surface area contributed by atoms with Crippen molar-refractivity contribution in [2.75, 3.05) is 13.1 Å². The standard InChI is InChI=1S/C14H18N2/c1-14(2,10-15)11-16-8-7-12-5-3-4-6-13(12)9-16/h3-6H,7-9,11H2,1-2H3. The Hall–Kier alpha value is -1.33. The Kier molecular flexibility index (Phi) is 2.98. The van der Waals surface area contributed by atoms with Crippen molar-refractivity contribution in [1.29, 1.82) is 5.26 Å². The third-order valence-corrected chi connectivity index (χ3v) is 3.13. The molecule has 0 spiro atoms. The van der Waals surface area contributed by atoms with Crippen LogP contribution < -0.4 is 0 Å². The van der Waals surface area contributed by atoms with Crippen LogP contribution >= 0.6 is 0 Å². The Morgan fingerprint density at radius 3 is 2.69 bits per heavy atom. The second-order valence-corrected chi connectivity index (χ2v) is 5.23. The first-order chi connectivity index (χ1) is 7.61. The summed E-state index contributed by atoms with van der Waals surface area (Å²) in [5.74, 6) is 0. The van der Waals surface area contributed by atoms with Gasteiger partial charge in [-0.2, -0.15) is 5.26 Å². The highest BCUT2D eigenvalue weighted by Gasteiger charge is 2.23. The molecule has 16 heavy (non-hydrogen) atoms. The van der Waals surface area contributed by atoms with Crippen LogP contribution in [0.4, 0.5) is 0 Å². The molecule has 84 valence electrons. The van der Waals surface area contributed by atoms with E-state index in [4.69, 9.17) is 5.26 Å². The van der Waals surface area contributed by atoms with E-state index in [1.54, 1.807) is 0 Å². The van der Waals surface area contributed by atoms with Gasteiger partial charge in [0.1, 0.15) is 0 Å². The molecule has 0 saturated heterocycles. The zero-order chi connectivity index (χ0) is 11.6. The molecule has 0 aromatic heterocycles. The van der Waals surface area contributed by atoms with Crippen LogP contribution in [0.3, 0.4) is 0 Å². The molecule has 0 amide bonds. The second-order valence-electron chi connectivity index (χ2n) is 5.23. The van der Waals surface area contributed by atoms with Crippen LogP contribution in [0.15, 0.2) is 24.3 Å². The van der Waals surface area contributed by atoms with E-state index in [2.05, 4.69) is 35.2 Å². The van der Waals surface area contributed by atoms with Crippen molar-refractivity contribution in [3.63, 3.8) is 0 Å². The fourth-order valence-corrected chi connectivity index (χ4v) is 2.28. The minimum Gasteiger partial charge on any atom is -0.297 e. The molecule has 0 radical (unpaired) electrons. The van der Waals surface area contributed by atoms with Crippen LogP contribution in [0.2, 0.25) is 0 Å². The fourth-order valence-electron chi connectivity index (χ4n) is 2.28. The van der Waals surface area contributed by atoms with E-state index in [-0.39, 0.29) is 5.41 Å². The van der Waals surface area contributed by atoms with Crippen LogP contribution in [0.5, 0.6) is 0 Å². The van der Waals surface area contributed by atoms with Crippen molar-refractivity contribution < 1.29 is 0 Å². The van der Waals surface area contributed by atoms with Crippen LogP contribution in [0.1, 0.15) is 25.0 Å². The predicted molar refractivity (Wildman–Crippen MR) is 64.8 cm³/mol. The van der Waals surface area contributed by atoms with Crippen molar-refractivity contribution in [3.05, 3.63) is 35.4 Å². The van der Waals surface area contributed by atoms with E-state index in [1.807, 2.05) is 13.8 Å². The summed E-state index contributed by atoms with van der Waals surface area (Å²) in [5, 5.41) is 9.04. The number of benzene rings is 1. The molecule has 0 N–H and O–H groups in total. The first kappa shape index (κ1) is 11.2. The third-order valence-electron chi connectivity index (χ3n) is 3.13. The van der Waals surface area contributed by atoms with Gasteiger partial charge in [-0.15, -0.1) is 0 Å². The fraction of sp³-hybridized carbons (Fsp3) is 0.500. The molecule has 1 aromatic rings. The molecule has 2 heteroatoms. The van der Waals surface area contributed by atoms with Crippen molar-refractivity contribution in [2.45, 2.75) is 26.8 Å². The van der Waals surface area contributed by atoms with E-state index < -0.39 is 0 Å². The average Bonchev–Trinajstić information content (AvgIpc) is 2.28. The van der Waals surface area contributed by atoms with Gasteiger partial charge in [-0.3, -0.25) is 4.90 Å². The molecule has 1 aliphatic rings. The first-order valence-electron chi connectivity index (χ1n) is 5.81. The second kappa shape index (κ2) is 4.27. The summed E-state index contributed by atoms with van der Waals surface area (Å²) >= 11 is 0. The molecule has 1 aliphatic heterocycles. The first-order valence-corrected chi connectivity index (χ1v) is 5.81. The molecule has 2 nitrogen and oxygen atoms in total. The zero-order valence-electron chi connectivity index (χ0n) is 10.0. The van der Waals surface area contributed by atoms with Gasteiger partial charge >= 0.3 is 0 Å². The number of rotatable bonds is 2. The Bertz CT molecular complexity index is 415. The average molecular weight is 214 g/mol. The normalized spacial score (nSPS) is 16.6. The van der Waals surface area contributed by atoms with Crippen LogP contribution in [0, 0.1) is 16.7 Å². The van der Waals surface area contributed by atoms with E-state index in [9.17, 15) is 0 Å². The smallest absolute Gasteiger partial charge is 0.0697 e. The SMILES string of the molecule is CC(C)(C#N)CN1CCc2ccccc2C1. The summed E-state index contributed by atoms with van der Waals surface area (Å²) in [6.07, 6.45) is 1.11. The summed E-state index contributed by atoms with van der Waals surface area (Å²) in [6, 6.07) is 11.0. The van der Waals surface area contributed by atoms with Gasteiger partial charge in [-0.25, -0.2) is 0 Å². The summed E-state index contributed by atoms with van der Waals surface area (Å²) in [7, 11) is 0. The molecule has 0 aliphatic carbocycles. The lowest BCUT2D eigenvalue weighted by Crippen LogP contribution is -2.37. The lowest BCUT2D eigenvalue weighted by molar-refractivity contribution is 0.197. The van der Waals surface area contributed by atoms with Gasteiger partial charge in [0.15, 0.2) is 0 Å². The molecule has 2 rings (SSSR count). The van der Waals surface area contributed by atoms with Gasteiger partial charge in [0, 0.05) is 19.6 Å². The molecule has 0 saturated carbocycles. The Morgan fingerprint density at radius 1 is 1.31 bits per heavy atom. The van der Waals surface area contributed by atoms with Crippen molar-refractivity contribution in [3.8, 4) is 6.07 Å². The molecule has 0 bridgehead atoms. The number of hydrogen-bond acceptors (Lipinski definition) is 2. The van der Waals surface area contributed by atoms with Crippen molar-refractivity contribution in [2.24, 2.45) is 5.41 Å². The van der Waals surface area contributed by atoms with E-state index >= 15 is 0 Å². The zero-order valence-corrected chi connectivity index (χ0v) is 10.0. The predicted octanol–water partition coefficient (Wildman–Crippen LogP) is 2.59. The van der Waals surface area contributed by atoms with Gasteiger partial charge in [0.05, 0.1) is 11.5 Å². The quantitative estimate of drug-likeness (QED) is 0.756. The highest BCUT2D eigenvalue weighted by molar-refractivity contribution is 5.29. The molecule has 1 heterocycles. The maximum atomic E-state index is 9.04. The van der Waals surface area contributed by atoms with Gasteiger partial charge in [0.25, 0.3) is 0 Å². The highest BCUT2D eigenvalue weighted by Crippen LogP contribution is 2.22. The monoisotopic (exact) mass is 214 g/mol. The molecule has 0 fully saturated rings. The Morgan fingerprint density at radius 2 is 2.00 bits per heavy atom. The Balaban J connectivity index is 2.07. The summed E-state index contributed by atoms with van der Waals surface area (Å²) < 4.78 is 0. The molecule has 1 aromatic carbocycles. The Labute approximate surface area is 97.5 Å². The van der Waals surface area contributed by atoms with Gasteiger partial charge in [-0.05, 0) is 31.4 Å². The van der Waals surface area contributed by atoms with Gasteiger partial charge in [0.2, 0.25) is 0 Å². The maximum absolute atomic E-state index is 9.04. The van der Waals surface area contributed by atoms with Crippen molar-refractivity contribution in [1.82, 2.24) is 4.90 Å². The lowest BCUT2D eigenvalue weighted by Gasteiger charge is -2.32. The summed E-state index contributed by atoms with van der Waals surface area (Å²) in [6.45, 7) is 6.93. The minimum atomic E-state index is -0.244. The van der Waals surface area contributed by atoms with Gasteiger partial charge < -0.3 is 0 Å². The number of fused-ring (bicyclic) bond motifs is 1. The molecular formula is C14H18N2. The lowest BCUT2D eigenvalue weighted by atomic mass is 9.92. The topological polar surface area (TPSA) is 27.0 Å². The maximum Gasteiger partial charge on any atom is 0.0697 e. The van der Waals surface area contributed by atoms with Gasteiger partial charge in [-0.1, -0.05) is 24.3 Å². The molecular weight excluding hydrogens is 196 g/mol. The summed E-state index contributed by atoms with van der Waals surface area (Å²) in [4.78, 5) is 2.38. The number of hydrogen-bond donors (Lipinski definition) is 0. The number of nitriles is 1. The molecule has 0 unspecified atom stereocenters. The largest absolute Gasteiger partial charge is 0.297 e. The van der Waals surface area contributed by atoms with Crippen LogP contribution in [0.25, 0.3) is 0 Å².